The smallest absolute Gasteiger partial charge is 0.387 e. The summed E-state index contributed by atoms with van der Waals surface area (Å²) in [5, 5.41) is 7.23. The highest BCUT2D eigenvalue weighted by atomic mass is 35.5. The number of rotatable bonds is 8. The molecule has 2 aliphatic heterocycles. The molecule has 14 heteroatoms. The highest BCUT2D eigenvalue weighted by molar-refractivity contribution is 7.89. The number of nitrogens with zero attached hydrogens (tertiary/aromatic N) is 4. The molecule has 0 aromatic carbocycles. The second kappa shape index (κ2) is 11.1. The minimum Gasteiger partial charge on any atom is -0.433 e. The van der Waals surface area contributed by atoms with Gasteiger partial charge in [-0.3, -0.25) is 4.79 Å². The van der Waals surface area contributed by atoms with Crippen LogP contribution in [0.5, 0.6) is 5.75 Å². The predicted octanol–water partition coefficient (Wildman–Crippen LogP) is 2.76. The number of alkyl halides is 2. The van der Waals surface area contributed by atoms with Gasteiger partial charge in [-0.1, -0.05) is 11.6 Å². The van der Waals surface area contributed by atoms with E-state index in [1.54, 1.807) is 0 Å². The largest absolute Gasteiger partial charge is 0.433 e. The van der Waals surface area contributed by atoms with Gasteiger partial charge in [0.15, 0.2) is 5.03 Å². The number of aromatic nitrogens is 3. The first-order valence-corrected chi connectivity index (χ1v) is 13.1. The monoisotopic (exact) mass is 533 g/mol. The summed E-state index contributed by atoms with van der Waals surface area (Å²) in [7, 11) is -3.93. The van der Waals surface area contributed by atoms with Crippen LogP contribution in [-0.4, -0.2) is 66.9 Å². The molecule has 2 aromatic heterocycles. The third-order valence-corrected chi connectivity index (χ3v) is 8.27. The van der Waals surface area contributed by atoms with Crippen LogP contribution in [0, 0.1) is 5.92 Å². The van der Waals surface area contributed by atoms with Gasteiger partial charge >= 0.3 is 6.61 Å². The molecule has 0 saturated carbocycles. The van der Waals surface area contributed by atoms with Crippen molar-refractivity contribution in [2.75, 3.05) is 38.2 Å². The summed E-state index contributed by atoms with van der Waals surface area (Å²) in [6, 6.07) is 1.93. The molecular weight excluding hydrogens is 508 g/mol. The maximum Gasteiger partial charge on any atom is 0.387 e. The molecule has 1 N–H and O–H groups in total. The average molecular weight is 534 g/mol. The van der Waals surface area contributed by atoms with E-state index < -0.39 is 22.2 Å². The van der Waals surface area contributed by atoms with Crippen molar-refractivity contribution in [2.45, 2.75) is 43.4 Å². The van der Waals surface area contributed by atoms with Crippen molar-refractivity contribution in [2.24, 2.45) is 5.92 Å². The van der Waals surface area contributed by atoms with Crippen LogP contribution in [0.3, 0.4) is 0 Å². The molecule has 10 nitrogen and oxygen atoms in total. The SMILES string of the molecule is O=c1c(Cl)c(NCC2CCCOC2)cnn1C1CCN(S(=O)(=O)c2ccc(OC(F)F)cn2)CC1. The van der Waals surface area contributed by atoms with Gasteiger partial charge in [0.2, 0.25) is 0 Å². The second-order valence-corrected chi connectivity index (χ2v) is 10.7. The lowest BCUT2D eigenvalue weighted by Gasteiger charge is -2.31. The first kappa shape index (κ1) is 25.7. The molecule has 2 aliphatic rings. The van der Waals surface area contributed by atoms with Crippen LogP contribution in [0.2, 0.25) is 5.02 Å². The van der Waals surface area contributed by atoms with Gasteiger partial charge in [-0.15, -0.1) is 0 Å². The molecule has 0 amide bonds. The number of sulfonamides is 1. The van der Waals surface area contributed by atoms with E-state index in [0.29, 0.717) is 37.6 Å². The van der Waals surface area contributed by atoms with Gasteiger partial charge < -0.3 is 14.8 Å². The number of halogens is 3. The average Bonchev–Trinajstić information content (AvgIpc) is 2.86. The van der Waals surface area contributed by atoms with Crippen molar-refractivity contribution >= 4 is 27.3 Å². The Kier molecular flexibility index (Phi) is 8.19. The molecule has 2 fully saturated rings. The maximum atomic E-state index is 12.9. The maximum absolute atomic E-state index is 12.9. The summed E-state index contributed by atoms with van der Waals surface area (Å²) in [5.74, 6) is 0.112. The van der Waals surface area contributed by atoms with Crippen molar-refractivity contribution in [1.29, 1.82) is 0 Å². The van der Waals surface area contributed by atoms with E-state index in [0.717, 1.165) is 37.8 Å². The molecule has 0 aliphatic carbocycles. The minimum atomic E-state index is -3.93. The van der Waals surface area contributed by atoms with Crippen molar-refractivity contribution in [3.8, 4) is 5.75 Å². The molecule has 4 rings (SSSR count). The van der Waals surface area contributed by atoms with Crippen molar-refractivity contribution < 1.29 is 26.7 Å². The first-order chi connectivity index (χ1) is 16.8. The fraction of sp³-hybridized carbons (Fsp3) is 0.571. The summed E-state index contributed by atoms with van der Waals surface area (Å²) >= 11 is 6.32. The van der Waals surface area contributed by atoms with Gasteiger partial charge in [-0.2, -0.15) is 18.2 Å². The first-order valence-electron chi connectivity index (χ1n) is 11.3. The zero-order valence-corrected chi connectivity index (χ0v) is 20.4. The Morgan fingerprint density at radius 1 is 1.23 bits per heavy atom. The standard InChI is InChI=1S/C21H26ClF2N5O5S/c22-19-17(25-10-14-2-1-9-33-13-14)12-27-29(20(19)30)15-5-7-28(8-6-15)35(31,32)18-4-3-16(11-26-18)34-21(23)24/h3-4,11-12,14-15,21,25H,1-2,5-10,13H2. The van der Waals surface area contributed by atoms with Crippen LogP contribution in [0.4, 0.5) is 14.5 Å². The molecule has 35 heavy (non-hydrogen) atoms. The normalized spacial score (nSPS) is 20.2. The molecule has 2 aromatic rings. The van der Waals surface area contributed by atoms with Crippen LogP contribution in [0.25, 0.3) is 0 Å². The zero-order valence-electron chi connectivity index (χ0n) is 18.8. The van der Waals surface area contributed by atoms with Crippen LogP contribution in [0.15, 0.2) is 34.3 Å². The van der Waals surface area contributed by atoms with Crippen LogP contribution < -0.4 is 15.6 Å². The van der Waals surface area contributed by atoms with Crippen LogP contribution >= 0.6 is 11.6 Å². The highest BCUT2D eigenvalue weighted by Gasteiger charge is 2.32. The summed E-state index contributed by atoms with van der Waals surface area (Å²) in [4.78, 5) is 16.6. The Morgan fingerprint density at radius 3 is 2.63 bits per heavy atom. The Hall–Kier alpha value is -2.35. The fourth-order valence-corrected chi connectivity index (χ4v) is 5.79. The van der Waals surface area contributed by atoms with E-state index in [2.05, 4.69) is 20.1 Å². The van der Waals surface area contributed by atoms with Crippen LogP contribution in [0.1, 0.15) is 31.7 Å². The van der Waals surface area contributed by atoms with Crippen molar-refractivity contribution in [1.82, 2.24) is 19.1 Å². The third kappa shape index (κ3) is 6.08. The lowest BCUT2D eigenvalue weighted by Crippen LogP contribution is -2.41. The molecule has 0 radical (unpaired) electrons. The summed E-state index contributed by atoms with van der Waals surface area (Å²) in [5.41, 5.74) is 0.0259. The van der Waals surface area contributed by atoms with E-state index in [1.807, 2.05) is 0 Å². The van der Waals surface area contributed by atoms with E-state index in [4.69, 9.17) is 16.3 Å². The molecule has 0 spiro atoms. The topological polar surface area (TPSA) is 116 Å². The molecule has 2 saturated heterocycles. The third-order valence-electron chi connectivity index (χ3n) is 6.09. The predicted molar refractivity (Wildman–Crippen MR) is 123 cm³/mol. The number of pyridine rings is 1. The molecular formula is C21H26ClF2N5O5S. The Labute approximate surface area is 206 Å². The van der Waals surface area contributed by atoms with Crippen molar-refractivity contribution in [3.63, 3.8) is 0 Å². The van der Waals surface area contributed by atoms with Crippen LogP contribution in [-0.2, 0) is 14.8 Å². The molecule has 192 valence electrons. The zero-order chi connectivity index (χ0) is 25.0. The van der Waals surface area contributed by atoms with Gasteiger partial charge in [-0.05, 0) is 43.7 Å². The van der Waals surface area contributed by atoms with E-state index in [-0.39, 0.29) is 34.9 Å². The van der Waals surface area contributed by atoms with Gasteiger partial charge in [0.1, 0.15) is 10.8 Å². The van der Waals surface area contributed by atoms with Gasteiger partial charge in [0, 0.05) is 26.2 Å². The summed E-state index contributed by atoms with van der Waals surface area (Å²) in [6.07, 6.45) is 5.20. The van der Waals surface area contributed by atoms with Crippen molar-refractivity contribution in [3.05, 3.63) is 39.9 Å². The van der Waals surface area contributed by atoms with Gasteiger partial charge in [0.25, 0.3) is 15.6 Å². The molecule has 0 bridgehead atoms. The molecule has 1 unspecified atom stereocenters. The highest BCUT2D eigenvalue weighted by Crippen LogP contribution is 2.27. The second-order valence-electron chi connectivity index (χ2n) is 8.43. The van der Waals surface area contributed by atoms with E-state index >= 15 is 0 Å². The van der Waals surface area contributed by atoms with E-state index in [1.165, 1.54) is 15.2 Å². The van der Waals surface area contributed by atoms with Gasteiger partial charge in [0.05, 0.1) is 30.7 Å². The quantitative estimate of drug-likeness (QED) is 0.551. The number of nitrogens with one attached hydrogen (secondary N) is 1. The fourth-order valence-electron chi connectivity index (χ4n) is 4.20. The lowest BCUT2D eigenvalue weighted by atomic mass is 10.0. The lowest BCUT2D eigenvalue weighted by molar-refractivity contribution is -0.0501. The minimum absolute atomic E-state index is 0.0436. The summed E-state index contributed by atoms with van der Waals surface area (Å²) in [6.45, 7) is -0.687. The Morgan fingerprint density at radius 2 is 2.00 bits per heavy atom. The molecule has 4 heterocycles. The number of hydrogen-bond acceptors (Lipinski definition) is 8. The van der Waals surface area contributed by atoms with E-state index in [9.17, 15) is 22.0 Å². The summed E-state index contributed by atoms with van der Waals surface area (Å²) < 4.78 is 62.6. The van der Waals surface area contributed by atoms with Gasteiger partial charge in [-0.25, -0.2) is 18.1 Å². The number of ether oxygens (including phenoxy) is 2. The Balaban J connectivity index is 1.38. The number of anilines is 1. The number of hydrogen-bond donors (Lipinski definition) is 1. The number of piperidine rings is 1. The molecule has 1 atom stereocenters. The Bertz CT molecular complexity index is 1170.